The van der Waals surface area contributed by atoms with Crippen LogP contribution in [0.15, 0.2) is 30.5 Å². The highest BCUT2D eigenvalue weighted by molar-refractivity contribution is 5.85. The molecule has 0 radical (unpaired) electrons. The number of amides is 2. The lowest BCUT2D eigenvalue weighted by Crippen LogP contribution is -2.51. The summed E-state index contributed by atoms with van der Waals surface area (Å²) in [5.74, 6) is 2.12. The molecule has 138 valence electrons. The summed E-state index contributed by atoms with van der Waals surface area (Å²) in [6, 6.07) is 4.06. The molecule has 1 aliphatic rings. The van der Waals surface area contributed by atoms with Gasteiger partial charge in [-0.2, -0.15) is 0 Å². The number of carbonyl (C=O) groups is 2. The van der Waals surface area contributed by atoms with E-state index in [1.807, 2.05) is 6.92 Å². The number of esters is 1. The Balaban J connectivity index is 2.39. The highest BCUT2D eigenvalue weighted by Crippen LogP contribution is 2.36. The van der Waals surface area contributed by atoms with Gasteiger partial charge in [0, 0.05) is 5.70 Å². The third kappa shape index (κ3) is 4.28. The van der Waals surface area contributed by atoms with Crippen molar-refractivity contribution in [2.75, 3.05) is 19.8 Å². The highest BCUT2D eigenvalue weighted by atomic mass is 16.5. The smallest absolute Gasteiger partial charge is 0.319 e. The molecule has 0 saturated carbocycles. The van der Waals surface area contributed by atoms with E-state index in [2.05, 4.69) is 23.1 Å². The monoisotopic (exact) mass is 358 g/mol. The quantitative estimate of drug-likeness (QED) is 0.576. The van der Waals surface area contributed by atoms with Crippen molar-refractivity contribution in [2.45, 2.75) is 19.9 Å². The van der Waals surface area contributed by atoms with Crippen molar-refractivity contribution in [3.05, 3.63) is 36.0 Å². The van der Waals surface area contributed by atoms with Gasteiger partial charge >= 0.3 is 12.0 Å². The van der Waals surface area contributed by atoms with Crippen molar-refractivity contribution in [3.63, 3.8) is 0 Å². The largest absolute Gasteiger partial charge is 0.490 e. The standard InChI is InChI=1S/C19H22N2O5/c1-5-10-26-14-9-8-13(11-15(14)24-6-2)17-16(18(22)25-7-3)12(4)20-19(23)21-17/h1,8-9,11,16-17H,4,6-7,10H2,2-3H3,(H2,20,21,23)/t16-,17-/m1/s1. The number of carbonyl (C=O) groups excluding carboxylic acids is 2. The molecule has 2 atom stereocenters. The van der Waals surface area contributed by atoms with Crippen LogP contribution in [-0.2, 0) is 9.53 Å². The number of urea groups is 1. The van der Waals surface area contributed by atoms with Gasteiger partial charge in [0.1, 0.15) is 12.5 Å². The maximum atomic E-state index is 12.4. The minimum Gasteiger partial charge on any atom is -0.490 e. The number of hydrogen-bond donors (Lipinski definition) is 2. The molecule has 1 aromatic carbocycles. The molecule has 1 fully saturated rings. The second kappa shape index (κ2) is 8.81. The Labute approximate surface area is 152 Å². The molecule has 7 nitrogen and oxygen atoms in total. The Bertz CT molecular complexity index is 738. The maximum absolute atomic E-state index is 12.4. The van der Waals surface area contributed by atoms with Gasteiger partial charge in [-0.1, -0.05) is 18.6 Å². The van der Waals surface area contributed by atoms with Crippen molar-refractivity contribution in [2.24, 2.45) is 5.92 Å². The summed E-state index contributed by atoms with van der Waals surface area (Å²) < 4.78 is 16.2. The molecule has 0 unspecified atom stereocenters. The third-order valence-corrected chi connectivity index (χ3v) is 3.75. The SMILES string of the molecule is C#CCOc1ccc([C@H]2NC(=O)NC(=C)[C@H]2C(=O)OCC)cc1OCC. The maximum Gasteiger partial charge on any atom is 0.319 e. The van der Waals surface area contributed by atoms with E-state index in [9.17, 15) is 9.59 Å². The average Bonchev–Trinajstić information content (AvgIpc) is 2.60. The topological polar surface area (TPSA) is 85.9 Å². The second-order valence-electron chi connectivity index (χ2n) is 5.46. The van der Waals surface area contributed by atoms with Crippen molar-refractivity contribution in [1.82, 2.24) is 10.6 Å². The number of terminal acetylenes is 1. The Morgan fingerprint density at radius 2 is 2.04 bits per heavy atom. The molecule has 1 saturated heterocycles. The number of rotatable bonds is 7. The Morgan fingerprint density at radius 1 is 1.27 bits per heavy atom. The lowest BCUT2D eigenvalue weighted by molar-refractivity contribution is -0.147. The predicted molar refractivity (Wildman–Crippen MR) is 95.6 cm³/mol. The summed E-state index contributed by atoms with van der Waals surface area (Å²) in [7, 11) is 0. The first-order valence-electron chi connectivity index (χ1n) is 8.27. The van der Waals surface area contributed by atoms with Crippen LogP contribution in [0.5, 0.6) is 11.5 Å². The minimum absolute atomic E-state index is 0.103. The van der Waals surface area contributed by atoms with Crippen molar-refractivity contribution < 1.29 is 23.8 Å². The summed E-state index contributed by atoms with van der Waals surface area (Å²) in [6.45, 7) is 8.10. The molecule has 26 heavy (non-hydrogen) atoms. The minimum atomic E-state index is -0.764. The molecule has 0 spiro atoms. The van der Waals surface area contributed by atoms with Crippen LogP contribution >= 0.6 is 0 Å². The van der Waals surface area contributed by atoms with Gasteiger partial charge in [-0.25, -0.2) is 4.79 Å². The zero-order valence-electron chi connectivity index (χ0n) is 14.8. The number of ether oxygens (including phenoxy) is 3. The Hall–Kier alpha value is -3.14. The zero-order valence-corrected chi connectivity index (χ0v) is 14.8. The van der Waals surface area contributed by atoms with Crippen molar-refractivity contribution >= 4 is 12.0 Å². The second-order valence-corrected chi connectivity index (χ2v) is 5.46. The molecule has 2 rings (SSSR count). The van der Waals surface area contributed by atoms with E-state index in [0.717, 1.165) is 0 Å². The van der Waals surface area contributed by atoms with Crippen LogP contribution in [0.25, 0.3) is 0 Å². The average molecular weight is 358 g/mol. The number of benzene rings is 1. The first-order valence-corrected chi connectivity index (χ1v) is 8.27. The Morgan fingerprint density at radius 3 is 2.69 bits per heavy atom. The van der Waals surface area contributed by atoms with Crippen LogP contribution in [0, 0.1) is 18.3 Å². The van der Waals surface area contributed by atoms with E-state index >= 15 is 0 Å². The fourth-order valence-electron chi connectivity index (χ4n) is 2.70. The summed E-state index contributed by atoms with van der Waals surface area (Å²) in [5.41, 5.74) is 0.943. The first kappa shape index (κ1) is 19.2. The van der Waals surface area contributed by atoms with Crippen LogP contribution in [0.1, 0.15) is 25.5 Å². The van der Waals surface area contributed by atoms with Gasteiger partial charge in [0.25, 0.3) is 0 Å². The zero-order chi connectivity index (χ0) is 19.1. The van der Waals surface area contributed by atoms with Gasteiger partial charge in [0.2, 0.25) is 0 Å². The van der Waals surface area contributed by atoms with E-state index in [1.54, 1.807) is 25.1 Å². The fraction of sp³-hybridized carbons (Fsp3) is 0.368. The molecule has 1 aliphatic heterocycles. The summed E-state index contributed by atoms with van der Waals surface area (Å²) >= 11 is 0. The third-order valence-electron chi connectivity index (χ3n) is 3.75. The summed E-state index contributed by atoms with van der Waals surface area (Å²) in [4.78, 5) is 24.3. The van der Waals surface area contributed by atoms with E-state index in [1.165, 1.54) is 0 Å². The molecular weight excluding hydrogens is 336 g/mol. The van der Waals surface area contributed by atoms with Crippen LogP contribution < -0.4 is 20.1 Å². The summed E-state index contributed by atoms with van der Waals surface area (Å²) in [5, 5.41) is 5.27. The van der Waals surface area contributed by atoms with Gasteiger partial charge in [-0.15, -0.1) is 6.42 Å². The van der Waals surface area contributed by atoms with Gasteiger partial charge in [-0.05, 0) is 31.5 Å². The number of hydrogen-bond acceptors (Lipinski definition) is 5. The molecule has 1 aromatic rings. The fourth-order valence-corrected chi connectivity index (χ4v) is 2.70. The lowest BCUT2D eigenvalue weighted by atomic mass is 9.89. The first-order chi connectivity index (χ1) is 12.5. The van der Waals surface area contributed by atoms with Crippen molar-refractivity contribution in [3.8, 4) is 23.8 Å². The molecule has 0 aliphatic carbocycles. The summed E-state index contributed by atoms with van der Waals surface area (Å²) in [6.07, 6.45) is 5.23. The molecule has 0 bridgehead atoms. The van der Waals surface area contributed by atoms with E-state index in [-0.39, 0.29) is 18.9 Å². The molecular formula is C19H22N2O5. The predicted octanol–water partition coefficient (Wildman–Crippen LogP) is 2.14. The van der Waals surface area contributed by atoms with Gasteiger partial charge in [-0.3, -0.25) is 4.79 Å². The number of nitrogens with one attached hydrogen (secondary N) is 2. The molecule has 7 heteroatoms. The van der Waals surface area contributed by atoms with Crippen LogP contribution in [0.3, 0.4) is 0 Å². The molecule has 0 aromatic heterocycles. The van der Waals surface area contributed by atoms with Crippen LogP contribution in [0.2, 0.25) is 0 Å². The van der Waals surface area contributed by atoms with Crippen LogP contribution in [0.4, 0.5) is 4.79 Å². The van der Waals surface area contributed by atoms with Crippen LogP contribution in [-0.4, -0.2) is 31.8 Å². The normalized spacial score (nSPS) is 19.0. The molecule has 1 heterocycles. The lowest BCUT2D eigenvalue weighted by Gasteiger charge is -2.33. The van der Waals surface area contributed by atoms with E-state index in [0.29, 0.717) is 23.7 Å². The van der Waals surface area contributed by atoms with Gasteiger partial charge in [0.05, 0.1) is 19.3 Å². The molecule has 2 N–H and O–H groups in total. The Kier molecular flexibility index (Phi) is 6.50. The molecule has 2 amide bonds. The van der Waals surface area contributed by atoms with Crippen molar-refractivity contribution in [1.29, 1.82) is 0 Å². The highest BCUT2D eigenvalue weighted by Gasteiger charge is 2.39. The van der Waals surface area contributed by atoms with E-state index in [4.69, 9.17) is 20.6 Å². The van der Waals surface area contributed by atoms with E-state index < -0.39 is 24.0 Å². The van der Waals surface area contributed by atoms with Gasteiger partial charge in [0.15, 0.2) is 11.5 Å². The van der Waals surface area contributed by atoms with Gasteiger partial charge < -0.3 is 24.8 Å².